The highest BCUT2D eigenvalue weighted by Gasteiger charge is 2.10. The number of primary amides is 1. The molecule has 2 amide bonds. The van der Waals surface area contributed by atoms with E-state index in [0.717, 1.165) is 10.0 Å². The summed E-state index contributed by atoms with van der Waals surface area (Å²) >= 11 is 3.43. The molecule has 0 aliphatic rings. The third-order valence-corrected chi connectivity index (χ3v) is 4.54. The summed E-state index contributed by atoms with van der Waals surface area (Å²) in [6, 6.07) is 14.5. The lowest BCUT2D eigenvalue weighted by Crippen LogP contribution is -2.20. The molecule has 0 aliphatic heterocycles. The van der Waals surface area contributed by atoms with Crippen molar-refractivity contribution in [2.75, 3.05) is 13.7 Å². The quantitative estimate of drug-likeness (QED) is 0.355. The van der Waals surface area contributed by atoms with Crippen molar-refractivity contribution < 1.29 is 19.1 Å². The van der Waals surface area contributed by atoms with Crippen LogP contribution in [0.2, 0.25) is 0 Å². The molecule has 1 heterocycles. The average molecular weight is 486 g/mol. The molecule has 0 radical (unpaired) electrons. The fourth-order valence-electron chi connectivity index (χ4n) is 2.65. The van der Waals surface area contributed by atoms with E-state index in [-0.39, 0.29) is 12.3 Å². The van der Waals surface area contributed by atoms with Gasteiger partial charge in [-0.05, 0) is 47.5 Å². The molecule has 9 nitrogen and oxygen atoms in total. The second-order valence-electron chi connectivity index (χ2n) is 6.39. The Labute approximate surface area is 187 Å². The van der Waals surface area contributed by atoms with Crippen molar-refractivity contribution in [3.05, 3.63) is 76.0 Å². The normalized spacial score (nSPS) is 10.8. The van der Waals surface area contributed by atoms with Gasteiger partial charge in [0.25, 0.3) is 11.8 Å². The van der Waals surface area contributed by atoms with Gasteiger partial charge < -0.3 is 15.2 Å². The number of methoxy groups -OCH3 is 1. The molecule has 0 aliphatic carbocycles. The molecule has 3 rings (SSSR count). The summed E-state index contributed by atoms with van der Waals surface area (Å²) in [6.07, 6.45) is 3.16. The van der Waals surface area contributed by atoms with Gasteiger partial charge in [-0.1, -0.05) is 28.1 Å². The fourth-order valence-corrected chi connectivity index (χ4v) is 3.10. The van der Waals surface area contributed by atoms with Crippen LogP contribution in [0.15, 0.2) is 64.3 Å². The van der Waals surface area contributed by atoms with Crippen molar-refractivity contribution in [1.82, 2.24) is 15.2 Å². The third-order valence-electron chi connectivity index (χ3n) is 4.04. The molecule has 0 saturated heterocycles. The van der Waals surface area contributed by atoms with E-state index in [0.29, 0.717) is 23.6 Å². The zero-order valence-electron chi connectivity index (χ0n) is 16.6. The van der Waals surface area contributed by atoms with Gasteiger partial charge in [0.1, 0.15) is 0 Å². The number of carbonyl (C=O) groups is 2. The lowest BCUT2D eigenvalue weighted by molar-refractivity contribution is -0.119. The molecule has 0 atom stereocenters. The minimum Gasteiger partial charge on any atom is -0.493 e. The van der Waals surface area contributed by atoms with E-state index in [4.69, 9.17) is 15.2 Å². The van der Waals surface area contributed by atoms with Crippen LogP contribution >= 0.6 is 15.9 Å². The lowest BCUT2D eigenvalue weighted by Gasteiger charge is -2.09. The van der Waals surface area contributed by atoms with Gasteiger partial charge in [-0.25, -0.2) is 5.43 Å². The minimum absolute atomic E-state index is 0.243. The number of amides is 2. The zero-order chi connectivity index (χ0) is 22.2. The number of rotatable bonds is 9. The molecule has 0 unspecified atom stereocenters. The smallest absolute Gasteiger partial charge is 0.291 e. The highest BCUT2D eigenvalue weighted by Crippen LogP contribution is 2.27. The third kappa shape index (κ3) is 6.41. The molecule has 160 valence electrons. The standard InChI is InChI=1S/C21H20BrN5O4/c1-30-18-6-5-14(10-19(18)31-13-20(23)28)11-24-25-21(29)17-7-8-27(26-17)12-15-3-2-4-16(22)9-15/h2-11H,12-13H2,1H3,(H2,23,28)(H,25,29)/b24-11-. The fraction of sp³-hybridized carbons (Fsp3) is 0.143. The maximum absolute atomic E-state index is 12.3. The summed E-state index contributed by atoms with van der Waals surface area (Å²) in [4.78, 5) is 23.2. The first-order valence-corrected chi connectivity index (χ1v) is 9.94. The summed E-state index contributed by atoms with van der Waals surface area (Å²) in [5.74, 6) is -0.267. The van der Waals surface area contributed by atoms with Gasteiger partial charge >= 0.3 is 0 Å². The second-order valence-corrected chi connectivity index (χ2v) is 7.31. The van der Waals surface area contributed by atoms with E-state index in [9.17, 15) is 9.59 Å². The van der Waals surface area contributed by atoms with Crippen LogP contribution in [0, 0.1) is 0 Å². The van der Waals surface area contributed by atoms with E-state index >= 15 is 0 Å². The Balaban J connectivity index is 1.61. The Kier molecular flexibility index (Phi) is 7.39. The molecule has 1 aromatic heterocycles. The number of benzene rings is 2. The highest BCUT2D eigenvalue weighted by molar-refractivity contribution is 9.10. The van der Waals surface area contributed by atoms with E-state index in [1.54, 1.807) is 35.1 Å². The van der Waals surface area contributed by atoms with E-state index in [1.165, 1.54) is 13.3 Å². The molecule has 3 N–H and O–H groups in total. The van der Waals surface area contributed by atoms with Crippen molar-refractivity contribution in [2.24, 2.45) is 10.8 Å². The average Bonchev–Trinajstić information content (AvgIpc) is 3.21. The van der Waals surface area contributed by atoms with Gasteiger partial charge in [-0.15, -0.1) is 0 Å². The number of aromatic nitrogens is 2. The van der Waals surface area contributed by atoms with Crippen LogP contribution in [0.1, 0.15) is 21.6 Å². The van der Waals surface area contributed by atoms with Gasteiger partial charge in [-0.3, -0.25) is 14.3 Å². The number of hydrazone groups is 1. The Morgan fingerprint density at radius 1 is 1.23 bits per heavy atom. The lowest BCUT2D eigenvalue weighted by atomic mass is 10.2. The SMILES string of the molecule is COc1ccc(/C=N\NC(=O)c2ccn(Cc3cccc(Br)c3)n2)cc1OCC(N)=O. The monoisotopic (exact) mass is 485 g/mol. The van der Waals surface area contributed by atoms with Crippen LogP contribution in [0.25, 0.3) is 0 Å². The van der Waals surface area contributed by atoms with Crippen LogP contribution in [-0.2, 0) is 11.3 Å². The minimum atomic E-state index is -0.604. The van der Waals surface area contributed by atoms with Gasteiger partial charge in [0.2, 0.25) is 0 Å². The summed E-state index contributed by atoms with van der Waals surface area (Å²) in [7, 11) is 1.48. The molecular weight excluding hydrogens is 466 g/mol. The predicted molar refractivity (Wildman–Crippen MR) is 118 cm³/mol. The van der Waals surface area contributed by atoms with Crippen molar-refractivity contribution in [3.63, 3.8) is 0 Å². The number of nitrogens with two attached hydrogens (primary N) is 1. The van der Waals surface area contributed by atoms with E-state index < -0.39 is 11.8 Å². The number of carbonyl (C=O) groups excluding carboxylic acids is 2. The van der Waals surface area contributed by atoms with Crippen molar-refractivity contribution in [3.8, 4) is 11.5 Å². The van der Waals surface area contributed by atoms with Crippen LogP contribution in [0.5, 0.6) is 11.5 Å². The second kappa shape index (κ2) is 10.4. The largest absolute Gasteiger partial charge is 0.493 e. The van der Waals surface area contributed by atoms with Crippen molar-refractivity contribution >= 4 is 34.0 Å². The topological polar surface area (TPSA) is 121 Å². The summed E-state index contributed by atoms with van der Waals surface area (Å²) < 4.78 is 13.2. The molecule has 0 spiro atoms. The van der Waals surface area contributed by atoms with Gasteiger partial charge in [0.05, 0.1) is 19.9 Å². The summed E-state index contributed by atoms with van der Waals surface area (Å²) in [5.41, 5.74) is 9.46. The maximum atomic E-state index is 12.3. The Morgan fingerprint density at radius 3 is 2.81 bits per heavy atom. The predicted octanol–water partition coefficient (Wildman–Crippen LogP) is 2.33. The van der Waals surface area contributed by atoms with Gasteiger partial charge in [0, 0.05) is 10.7 Å². The number of nitrogens with one attached hydrogen (secondary N) is 1. The molecule has 3 aromatic rings. The molecule has 0 saturated carbocycles. The number of nitrogens with zero attached hydrogens (tertiary/aromatic N) is 3. The summed E-state index contributed by atoms with van der Waals surface area (Å²) in [6.45, 7) is 0.256. The van der Waals surface area contributed by atoms with E-state index in [1.807, 2.05) is 24.3 Å². The number of hydrogen-bond acceptors (Lipinski definition) is 6. The Bertz CT molecular complexity index is 1110. The molecule has 0 bridgehead atoms. The molecule has 0 fully saturated rings. The number of hydrogen-bond donors (Lipinski definition) is 2. The molecular formula is C21H20BrN5O4. The maximum Gasteiger partial charge on any atom is 0.291 e. The van der Waals surface area contributed by atoms with E-state index in [2.05, 4.69) is 31.6 Å². The summed E-state index contributed by atoms with van der Waals surface area (Å²) in [5, 5.41) is 8.22. The molecule has 2 aromatic carbocycles. The van der Waals surface area contributed by atoms with Crippen LogP contribution in [0.4, 0.5) is 0 Å². The van der Waals surface area contributed by atoms with Crippen LogP contribution in [-0.4, -0.2) is 41.5 Å². The number of halogens is 1. The molecule has 31 heavy (non-hydrogen) atoms. The molecule has 10 heteroatoms. The first kappa shape index (κ1) is 22.0. The highest BCUT2D eigenvalue weighted by atomic mass is 79.9. The first-order chi connectivity index (χ1) is 14.9. The first-order valence-electron chi connectivity index (χ1n) is 9.15. The van der Waals surface area contributed by atoms with Gasteiger partial charge in [0.15, 0.2) is 23.8 Å². The Morgan fingerprint density at radius 2 is 2.06 bits per heavy atom. The number of ether oxygens (including phenoxy) is 2. The zero-order valence-corrected chi connectivity index (χ0v) is 18.2. The van der Waals surface area contributed by atoms with Gasteiger partial charge in [-0.2, -0.15) is 10.2 Å². The van der Waals surface area contributed by atoms with Crippen molar-refractivity contribution in [1.29, 1.82) is 0 Å². The Hall–Kier alpha value is -3.66. The van der Waals surface area contributed by atoms with Crippen molar-refractivity contribution in [2.45, 2.75) is 6.54 Å². The van der Waals surface area contributed by atoms with Crippen LogP contribution in [0.3, 0.4) is 0 Å². The van der Waals surface area contributed by atoms with Crippen LogP contribution < -0.4 is 20.6 Å².